The molecule has 9 heteroatoms. The molecule has 1 saturated heterocycles. The topological polar surface area (TPSA) is 61.9 Å². The molecule has 2 heterocycles. The maximum atomic E-state index is 13.9. The maximum absolute atomic E-state index is 13.9. The van der Waals surface area contributed by atoms with Crippen molar-refractivity contribution in [3.05, 3.63) is 46.4 Å². The highest BCUT2D eigenvalue weighted by atomic mass is 32.2. The highest BCUT2D eigenvalue weighted by Crippen LogP contribution is 2.25. The zero-order valence-electron chi connectivity index (χ0n) is 15.4. The molecule has 0 spiro atoms. The van der Waals surface area contributed by atoms with E-state index in [4.69, 9.17) is 4.74 Å². The highest BCUT2D eigenvalue weighted by molar-refractivity contribution is 7.89. The van der Waals surface area contributed by atoms with E-state index in [-0.39, 0.29) is 23.2 Å². The van der Waals surface area contributed by atoms with Crippen LogP contribution in [0.2, 0.25) is 0 Å². The van der Waals surface area contributed by atoms with Crippen LogP contribution in [-0.4, -0.2) is 65.1 Å². The number of benzene rings is 1. The Morgan fingerprint density at radius 2 is 2.00 bits per heavy atom. The summed E-state index contributed by atoms with van der Waals surface area (Å²) in [6, 6.07) is 5.62. The maximum Gasteiger partial charge on any atom is 0.240 e. The average molecular weight is 414 g/mol. The standard InChI is InChI=1S/C18H24FN3O3S2/c1-21-6-8-22(9-7-21)17(14-5-10-26-13-14)12-20-27(23,24)15-3-4-18(25-2)16(19)11-15/h3-5,10-11,13,17,20H,6-9,12H2,1-2H3. The van der Waals surface area contributed by atoms with E-state index < -0.39 is 15.8 Å². The Morgan fingerprint density at radius 1 is 1.26 bits per heavy atom. The van der Waals surface area contributed by atoms with Gasteiger partial charge in [-0.05, 0) is 47.6 Å². The molecule has 3 rings (SSSR count). The lowest BCUT2D eigenvalue weighted by molar-refractivity contribution is 0.113. The molecule has 1 aromatic heterocycles. The molecule has 0 radical (unpaired) electrons. The quantitative estimate of drug-likeness (QED) is 0.754. The van der Waals surface area contributed by atoms with Crippen LogP contribution < -0.4 is 9.46 Å². The first kappa shape index (κ1) is 20.2. The van der Waals surface area contributed by atoms with E-state index >= 15 is 0 Å². The molecule has 0 amide bonds. The van der Waals surface area contributed by atoms with Crippen LogP contribution in [0.4, 0.5) is 4.39 Å². The summed E-state index contributed by atoms with van der Waals surface area (Å²) in [6.07, 6.45) is 0. The number of nitrogens with zero attached hydrogens (tertiary/aromatic N) is 2. The van der Waals surface area contributed by atoms with Gasteiger partial charge in [0.1, 0.15) is 0 Å². The molecular formula is C18H24FN3O3S2. The number of sulfonamides is 1. The van der Waals surface area contributed by atoms with Gasteiger partial charge in [0.15, 0.2) is 11.6 Å². The summed E-state index contributed by atoms with van der Waals surface area (Å²) < 4.78 is 46.7. The molecule has 1 aromatic carbocycles. The predicted octanol–water partition coefficient (Wildman–Crippen LogP) is 2.16. The van der Waals surface area contributed by atoms with Crippen LogP contribution in [0, 0.1) is 5.82 Å². The summed E-state index contributed by atoms with van der Waals surface area (Å²) in [5.41, 5.74) is 1.09. The predicted molar refractivity (Wildman–Crippen MR) is 104 cm³/mol. The van der Waals surface area contributed by atoms with Crippen molar-refractivity contribution >= 4 is 21.4 Å². The molecule has 27 heavy (non-hydrogen) atoms. The monoisotopic (exact) mass is 413 g/mol. The summed E-state index contributed by atoms with van der Waals surface area (Å²) >= 11 is 1.59. The molecule has 1 N–H and O–H groups in total. The minimum absolute atomic E-state index is 0.0162. The van der Waals surface area contributed by atoms with Gasteiger partial charge in [-0.1, -0.05) is 0 Å². The minimum atomic E-state index is -3.82. The molecule has 0 saturated carbocycles. The molecule has 2 aromatic rings. The molecule has 1 unspecified atom stereocenters. The second kappa shape index (κ2) is 8.66. The van der Waals surface area contributed by atoms with E-state index in [0.29, 0.717) is 0 Å². The number of methoxy groups -OCH3 is 1. The summed E-state index contributed by atoms with van der Waals surface area (Å²) in [4.78, 5) is 4.44. The van der Waals surface area contributed by atoms with Crippen LogP contribution in [0.25, 0.3) is 0 Å². The van der Waals surface area contributed by atoms with E-state index in [1.165, 1.54) is 19.2 Å². The summed E-state index contributed by atoms with van der Waals surface area (Å²) in [6.45, 7) is 3.86. The first-order valence-corrected chi connectivity index (χ1v) is 11.1. The smallest absolute Gasteiger partial charge is 0.240 e. The molecule has 0 bridgehead atoms. The average Bonchev–Trinajstić information content (AvgIpc) is 3.17. The van der Waals surface area contributed by atoms with Gasteiger partial charge in [0.25, 0.3) is 0 Å². The summed E-state index contributed by atoms with van der Waals surface area (Å²) in [5, 5.41) is 4.04. The second-order valence-electron chi connectivity index (χ2n) is 6.56. The molecule has 1 fully saturated rings. The molecule has 6 nitrogen and oxygen atoms in total. The van der Waals surface area contributed by atoms with Crippen molar-refractivity contribution in [1.82, 2.24) is 14.5 Å². The van der Waals surface area contributed by atoms with Gasteiger partial charge in [0, 0.05) is 38.8 Å². The lowest BCUT2D eigenvalue weighted by Crippen LogP contribution is -2.48. The number of hydrogen-bond acceptors (Lipinski definition) is 6. The van der Waals surface area contributed by atoms with Crippen LogP contribution in [0.15, 0.2) is 39.9 Å². The Hall–Kier alpha value is -1.52. The molecule has 148 valence electrons. The SMILES string of the molecule is COc1ccc(S(=O)(=O)NCC(c2ccsc2)N2CCN(C)CC2)cc1F. The van der Waals surface area contributed by atoms with Crippen molar-refractivity contribution < 1.29 is 17.5 Å². The Kier molecular flexibility index (Phi) is 6.48. The lowest BCUT2D eigenvalue weighted by Gasteiger charge is -2.37. The summed E-state index contributed by atoms with van der Waals surface area (Å²) in [5.74, 6) is -0.684. The highest BCUT2D eigenvalue weighted by Gasteiger charge is 2.26. The third-order valence-electron chi connectivity index (χ3n) is 4.81. The van der Waals surface area contributed by atoms with E-state index in [1.807, 2.05) is 16.8 Å². The van der Waals surface area contributed by atoms with Crippen molar-refractivity contribution in [2.75, 3.05) is 46.9 Å². The van der Waals surface area contributed by atoms with Crippen LogP contribution in [-0.2, 0) is 10.0 Å². The van der Waals surface area contributed by atoms with E-state index in [9.17, 15) is 12.8 Å². The van der Waals surface area contributed by atoms with Crippen molar-refractivity contribution in [2.45, 2.75) is 10.9 Å². The van der Waals surface area contributed by atoms with Gasteiger partial charge in [-0.25, -0.2) is 17.5 Å². The second-order valence-corrected chi connectivity index (χ2v) is 9.11. The lowest BCUT2D eigenvalue weighted by atomic mass is 10.1. The number of piperazine rings is 1. The Balaban J connectivity index is 1.75. The van der Waals surface area contributed by atoms with Gasteiger partial charge < -0.3 is 9.64 Å². The summed E-state index contributed by atoms with van der Waals surface area (Å²) in [7, 11) is -0.402. The van der Waals surface area contributed by atoms with Crippen LogP contribution in [0.3, 0.4) is 0 Å². The van der Waals surface area contributed by atoms with Crippen LogP contribution in [0.1, 0.15) is 11.6 Å². The first-order chi connectivity index (χ1) is 12.9. The number of likely N-dealkylation sites (N-methyl/N-ethyl adjacent to an activating group) is 1. The van der Waals surface area contributed by atoms with Gasteiger partial charge in [0.05, 0.1) is 12.0 Å². The molecule has 0 aliphatic carbocycles. The van der Waals surface area contributed by atoms with Gasteiger partial charge >= 0.3 is 0 Å². The van der Waals surface area contributed by atoms with Gasteiger partial charge in [-0.3, -0.25) is 4.90 Å². The third-order valence-corrected chi connectivity index (χ3v) is 6.93. The van der Waals surface area contributed by atoms with Crippen LogP contribution in [0.5, 0.6) is 5.75 Å². The Labute approximate surface area is 163 Å². The van der Waals surface area contributed by atoms with Crippen LogP contribution >= 0.6 is 11.3 Å². The van der Waals surface area contributed by atoms with E-state index in [2.05, 4.69) is 21.6 Å². The number of thiophene rings is 1. The van der Waals surface area contributed by atoms with Gasteiger partial charge in [-0.15, -0.1) is 0 Å². The normalized spacial score (nSPS) is 17.7. The molecule has 1 aliphatic rings. The fourth-order valence-electron chi connectivity index (χ4n) is 3.14. The molecule has 1 aliphatic heterocycles. The first-order valence-electron chi connectivity index (χ1n) is 8.68. The fourth-order valence-corrected chi connectivity index (χ4v) is 4.90. The van der Waals surface area contributed by atoms with Gasteiger partial charge in [0.2, 0.25) is 10.0 Å². The van der Waals surface area contributed by atoms with Crippen molar-refractivity contribution in [3.8, 4) is 5.75 Å². The van der Waals surface area contributed by atoms with Crippen molar-refractivity contribution in [3.63, 3.8) is 0 Å². The fraction of sp³-hybridized carbons (Fsp3) is 0.444. The Morgan fingerprint density at radius 3 is 2.59 bits per heavy atom. The zero-order valence-corrected chi connectivity index (χ0v) is 17.0. The number of ether oxygens (including phenoxy) is 1. The molecular weight excluding hydrogens is 389 g/mol. The molecule has 1 atom stereocenters. The van der Waals surface area contributed by atoms with Gasteiger partial charge in [-0.2, -0.15) is 11.3 Å². The zero-order chi connectivity index (χ0) is 19.4. The number of nitrogens with one attached hydrogen (secondary N) is 1. The number of halogens is 1. The largest absolute Gasteiger partial charge is 0.494 e. The minimum Gasteiger partial charge on any atom is -0.494 e. The van der Waals surface area contributed by atoms with Crippen molar-refractivity contribution in [1.29, 1.82) is 0 Å². The van der Waals surface area contributed by atoms with Crippen molar-refractivity contribution in [2.24, 2.45) is 0 Å². The number of hydrogen-bond donors (Lipinski definition) is 1. The number of rotatable bonds is 7. The van der Waals surface area contributed by atoms with E-state index in [1.54, 1.807) is 11.3 Å². The third kappa shape index (κ3) is 4.85. The Bertz CT molecular complexity index is 851. The van der Waals surface area contributed by atoms with E-state index in [0.717, 1.165) is 37.8 Å².